The first-order chi connectivity index (χ1) is 8.08. The molecule has 1 fully saturated rings. The van der Waals surface area contributed by atoms with E-state index in [2.05, 4.69) is 0 Å². The Kier molecular flexibility index (Phi) is 3.57. The Labute approximate surface area is 101 Å². The summed E-state index contributed by atoms with van der Waals surface area (Å²) in [4.78, 5) is 12.2. The summed E-state index contributed by atoms with van der Waals surface area (Å²) >= 11 is 0. The highest BCUT2D eigenvalue weighted by atomic mass is 19.1. The average Bonchev–Trinajstić information content (AvgIpc) is 2.33. The fraction of sp³-hybridized carbons (Fsp3) is 0.500. The largest absolute Gasteiger partial charge is 0.328 e. The van der Waals surface area contributed by atoms with Crippen molar-refractivity contribution < 1.29 is 9.18 Å². The summed E-state index contributed by atoms with van der Waals surface area (Å²) in [5, 5.41) is 0. The molecule has 0 atom stereocenters. The lowest BCUT2D eigenvalue weighted by Crippen LogP contribution is -2.29. The fourth-order valence-electron chi connectivity index (χ4n) is 2.42. The molecule has 1 aromatic rings. The summed E-state index contributed by atoms with van der Waals surface area (Å²) in [6.45, 7) is 1.68. The summed E-state index contributed by atoms with van der Waals surface area (Å²) in [5.74, 6) is -0.0492. The molecule has 1 aromatic carbocycles. The zero-order chi connectivity index (χ0) is 12.4. The van der Waals surface area contributed by atoms with E-state index in [-0.39, 0.29) is 23.6 Å². The number of halogens is 1. The number of hydrogen-bond donors (Lipinski definition) is 1. The van der Waals surface area contributed by atoms with E-state index in [9.17, 15) is 9.18 Å². The molecule has 0 bridgehead atoms. The molecule has 1 aliphatic rings. The van der Waals surface area contributed by atoms with E-state index in [1.54, 1.807) is 19.1 Å². The molecule has 0 radical (unpaired) electrons. The maximum Gasteiger partial charge on any atom is 0.165 e. The van der Waals surface area contributed by atoms with Crippen molar-refractivity contribution in [3.63, 3.8) is 0 Å². The van der Waals surface area contributed by atoms with E-state index in [0.29, 0.717) is 11.1 Å². The maximum absolute atomic E-state index is 13.1. The smallest absolute Gasteiger partial charge is 0.165 e. The summed E-state index contributed by atoms with van der Waals surface area (Å²) in [7, 11) is 0. The first kappa shape index (κ1) is 12.2. The fourth-order valence-corrected chi connectivity index (χ4v) is 2.42. The van der Waals surface area contributed by atoms with E-state index in [0.717, 1.165) is 25.7 Å². The normalized spacial score (nSPS) is 24.6. The van der Waals surface area contributed by atoms with Crippen molar-refractivity contribution in [1.82, 2.24) is 0 Å². The van der Waals surface area contributed by atoms with Crippen LogP contribution in [0.2, 0.25) is 0 Å². The molecule has 2 rings (SSSR count). The van der Waals surface area contributed by atoms with Crippen molar-refractivity contribution in [3.8, 4) is 0 Å². The predicted octanol–water partition coefficient (Wildman–Crippen LogP) is 2.83. The van der Waals surface area contributed by atoms with Gasteiger partial charge < -0.3 is 5.73 Å². The lowest BCUT2D eigenvalue weighted by atomic mass is 9.82. The molecule has 1 aliphatic carbocycles. The van der Waals surface area contributed by atoms with Crippen LogP contribution < -0.4 is 5.73 Å². The van der Waals surface area contributed by atoms with E-state index in [4.69, 9.17) is 5.73 Å². The van der Waals surface area contributed by atoms with Crippen LogP contribution in [0.15, 0.2) is 18.2 Å². The molecule has 0 heterocycles. The van der Waals surface area contributed by atoms with Crippen molar-refractivity contribution in [3.05, 3.63) is 35.1 Å². The SMILES string of the molecule is Cc1cc(C(=O)C2CCC(N)CC2)ccc1F. The molecule has 0 amide bonds. The summed E-state index contributed by atoms with van der Waals surface area (Å²) in [5.41, 5.74) is 6.98. The highest BCUT2D eigenvalue weighted by Crippen LogP contribution is 2.27. The molecule has 2 nitrogen and oxygen atoms in total. The molecule has 0 unspecified atom stereocenters. The van der Waals surface area contributed by atoms with Crippen LogP contribution in [-0.4, -0.2) is 11.8 Å². The van der Waals surface area contributed by atoms with E-state index in [1.807, 2.05) is 0 Å². The van der Waals surface area contributed by atoms with Crippen molar-refractivity contribution in [2.24, 2.45) is 11.7 Å². The minimum atomic E-state index is -0.257. The second kappa shape index (κ2) is 4.96. The average molecular weight is 235 g/mol. The summed E-state index contributed by atoms with van der Waals surface area (Å²) < 4.78 is 13.1. The Balaban J connectivity index is 2.11. The number of nitrogens with two attached hydrogens (primary N) is 1. The Morgan fingerprint density at radius 2 is 1.94 bits per heavy atom. The molecule has 1 saturated carbocycles. The first-order valence-corrected chi connectivity index (χ1v) is 6.14. The molecule has 2 N–H and O–H groups in total. The van der Waals surface area contributed by atoms with E-state index < -0.39 is 0 Å². The van der Waals surface area contributed by atoms with E-state index in [1.165, 1.54) is 6.07 Å². The number of Topliss-reactive ketones (excluding diaryl/α,β-unsaturated/α-hetero) is 1. The number of hydrogen-bond acceptors (Lipinski definition) is 2. The van der Waals surface area contributed by atoms with Crippen LogP contribution in [0.25, 0.3) is 0 Å². The van der Waals surface area contributed by atoms with Gasteiger partial charge in [0.25, 0.3) is 0 Å². The summed E-state index contributed by atoms with van der Waals surface area (Å²) in [6.07, 6.45) is 3.54. The Morgan fingerprint density at radius 3 is 2.53 bits per heavy atom. The Bertz CT molecular complexity index is 422. The van der Waals surface area contributed by atoms with E-state index >= 15 is 0 Å². The van der Waals surface area contributed by atoms with Gasteiger partial charge in [-0.25, -0.2) is 4.39 Å². The van der Waals surface area contributed by atoms with Gasteiger partial charge in [-0.1, -0.05) is 0 Å². The van der Waals surface area contributed by atoms with Gasteiger partial charge in [-0.2, -0.15) is 0 Å². The predicted molar refractivity (Wildman–Crippen MR) is 65.4 cm³/mol. The monoisotopic (exact) mass is 235 g/mol. The number of benzene rings is 1. The zero-order valence-electron chi connectivity index (χ0n) is 10.1. The number of ketones is 1. The number of aryl methyl sites for hydroxylation is 1. The third kappa shape index (κ3) is 2.72. The maximum atomic E-state index is 13.1. The Morgan fingerprint density at radius 1 is 1.29 bits per heavy atom. The molecule has 17 heavy (non-hydrogen) atoms. The number of carbonyl (C=O) groups excluding carboxylic acids is 1. The van der Waals surface area contributed by atoms with Crippen LogP contribution in [0.3, 0.4) is 0 Å². The van der Waals surface area contributed by atoms with Crippen LogP contribution >= 0.6 is 0 Å². The van der Waals surface area contributed by atoms with Crippen molar-refractivity contribution >= 4 is 5.78 Å². The molecule has 3 heteroatoms. The number of rotatable bonds is 2. The lowest BCUT2D eigenvalue weighted by molar-refractivity contribution is 0.0884. The van der Waals surface area contributed by atoms with Gasteiger partial charge in [-0.15, -0.1) is 0 Å². The second-order valence-corrected chi connectivity index (χ2v) is 4.94. The second-order valence-electron chi connectivity index (χ2n) is 4.94. The van der Waals surface area contributed by atoms with Gasteiger partial charge in [0.05, 0.1) is 0 Å². The molecule has 0 saturated heterocycles. The lowest BCUT2D eigenvalue weighted by Gasteiger charge is -2.25. The first-order valence-electron chi connectivity index (χ1n) is 6.14. The Hall–Kier alpha value is -1.22. The van der Waals surface area contributed by atoms with Gasteiger partial charge in [0, 0.05) is 17.5 Å². The highest BCUT2D eigenvalue weighted by Gasteiger charge is 2.25. The third-order valence-corrected chi connectivity index (χ3v) is 3.59. The topological polar surface area (TPSA) is 43.1 Å². The van der Waals surface area contributed by atoms with Gasteiger partial charge in [-0.05, 0) is 56.4 Å². The molecular formula is C14H18FNO. The van der Waals surface area contributed by atoms with Crippen LogP contribution in [0.5, 0.6) is 0 Å². The van der Waals surface area contributed by atoms with Crippen molar-refractivity contribution in [2.75, 3.05) is 0 Å². The molecule has 0 aliphatic heterocycles. The summed E-state index contributed by atoms with van der Waals surface area (Å²) in [6, 6.07) is 4.84. The molecule has 0 spiro atoms. The van der Waals surface area contributed by atoms with Gasteiger partial charge in [0.1, 0.15) is 5.82 Å². The number of carbonyl (C=O) groups is 1. The minimum absolute atomic E-state index is 0.0691. The van der Waals surface area contributed by atoms with Gasteiger partial charge in [0.2, 0.25) is 0 Å². The van der Waals surface area contributed by atoms with Crippen LogP contribution in [0, 0.1) is 18.7 Å². The van der Waals surface area contributed by atoms with Crippen molar-refractivity contribution in [1.29, 1.82) is 0 Å². The highest BCUT2D eigenvalue weighted by molar-refractivity contribution is 5.98. The van der Waals surface area contributed by atoms with Gasteiger partial charge in [0.15, 0.2) is 5.78 Å². The zero-order valence-corrected chi connectivity index (χ0v) is 10.1. The quantitative estimate of drug-likeness (QED) is 0.801. The standard InChI is InChI=1S/C14H18FNO/c1-9-8-11(4-7-13(9)15)14(17)10-2-5-12(16)6-3-10/h4,7-8,10,12H,2-3,5-6,16H2,1H3. The molecule has 0 aromatic heterocycles. The third-order valence-electron chi connectivity index (χ3n) is 3.59. The molecular weight excluding hydrogens is 217 g/mol. The van der Waals surface area contributed by atoms with Crippen molar-refractivity contribution in [2.45, 2.75) is 38.6 Å². The van der Waals surface area contributed by atoms with Crippen LogP contribution in [-0.2, 0) is 0 Å². The van der Waals surface area contributed by atoms with Gasteiger partial charge in [-0.3, -0.25) is 4.79 Å². The van der Waals surface area contributed by atoms with Crippen LogP contribution in [0.4, 0.5) is 4.39 Å². The van der Waals surface area contributed by atoms with Gasteiger partial charge >= 0.3 is 0 Å². The minimum Gasteiger partial charge on any atom is -0.328 e. The molecule has 92 valence electrons. The van der Waals surface area contributed by atoms with Crippen LogP contribution in [0.1, 0.15) is 41.6 Å².